The molecule has 0 aliphatic heterocycles. The lowest BCUT2D eigenvalue weighted by atomic mass is 10.2. The second-order valence-electron chi connectivity index (χ2n) is 4.39. The number of ether oxygens (including phenoxy) is 1. The monoisotopic (exact) mass is 277 g/mol. The van der Waals surface area contributed by atoms with Crippen molar-refractivity contribution in [2.24, 2.45) is 0 Å². The Balaban J connectivity index is 1.85. The summed E-state index contributed by atoms with van der Waals surface area (Å²) >= 11 is 1.68. The van der Waals surface area contributed by atoms with Gasteiger partial charge in [-0.25, -0.2) is 4.98 Å². The highest BCUT2D eigenvalue weighted by molar-refractivity contribution is 7.09. The molecule has 19 heavy (non-hydrogen) atoms. The number of thiazole rings is 1. The lowest BCUT2D eigenvalue weighted by Crippen LogP contribution is -2.13. The Hall–Kier alpha value is -1.46. The Morgan fingerprint density at radius 1 is 1.37 bits per heavy atom. The number of aryl methyl sites for hydroxylation is 1. The van der Waals surface area contributed by atoms with Gasteiger partial charge >= 0.3 is 0 Å². The third-order valence-electron chi connectivity index (χ3n) is 3.08. The molecule has 1 atom stereocenters. The van der Waals surface area contributed by atoms with Crippen molar-refractivity contribution in [3.63, 3.8) is 0 Å². The molecule has 2 rings (SSSR count). The van der Waals surface area contributed by atoms with E-state index in [0.717, 1.165) is 23.6 Å². The summed E-state index contributed by atoms with van der Waals surface area (Å²) in [6.07, 6.45) is 2.67. The van der Waals surface area contributed by atoms with Crippen LogP contribution in [-0.2, 0) is 6.42 Å². The Morgan fingerprint density at radius 2 is 2.21 bits per heavy atom. The maximum absolute atomic E-state index is 5.70. The molecule has 2 aromatic rings. The van der Waals surface area contributed by atoms with Gasteiger partial charge in [-0.2, -0.15) is 0 Å². The van der Waals surface area contributed by atoms with Crippen LogP contribution in [0.2, 0.25) is 0 Å². The molecular weight excluding hydrogens is 258 g/mol. The highest BCUT2D eigenvalue weighted by atomic mass is 32.1. The quantitative estimate of drug-likeness (QED) is 0.882. The van der Waals surface area contributed by atoms with Crippen LogP contribution in [0.4, 0.5) is 0 Å². The lowest BCUT2D eigenvalue weighted by molar-refractivity contribution is 0.321. The van der Waals surface area contributed by atoms with Crippen LogP contribution in [0.1, 0.15) is 29.2 Å². The molecule has 0 saturated heterocycles. The minimum absolute atomic E-state index is 0.258. The van der Waals surface area contributed by atoms with E-state index in [9.17, 15) is 0 Å². The zero-order valence-electron chi connectivity index (χ0n) is 11.5. The molecule has 1 unspecified atom stereocenters. The van der Waals surface area contributed by atoms with Crippen molar-refractivity contribution in [1.82, 2.24) is 15.3 Å². The van der Waals surface area contributed by atoms with E-state index in [1.807, 2.05) is 31.6 Å². The zero-order chi connectivity index (χ0) is 13.7. The van der Waals surface area contributed by atoms with E-state index < -0.39 is 0 Å². The third-order valence-corrected chi connectivity index (χ3v) is 4.07. The minimum Gasteiger partial charge on any atom is -0.492 e. The van der Waals surface area contributed by atoms with Gasteiger partial charge in [0.05, 0.1) is 29.7 Å². The van der Waals surface area contributed by atoms with Crippen molar-refractivity contribution in [2.75, 3.05) is 13.7 Å². The molecule has 0 spiro atoms. The van der Waals surface area contributed by atoms with Crippen molar-refractivity contribution in [3.05, 3.63) is 40.1 Å². The largest absolute Gasteiger partial charge is 0.492 e. The minimum atomic E-state index is 0.258. The molecule has 0 fully saturated rings. The molecule has 0 radical (unpaired) electrons. The van der Waals surface area contributed by atoms with Crippen LogP contribution >= 0.6 is 11.3 Å². The van der Waals surface area contributed by atoms with Crippen LogP contribution in [-0.4, -0.2) is 23.6 Å². The van der Waals surface area contributed by atoms with E-state index in [2.05, 4.69) is 22.2 Å². The van der Waals surface area contributed by atoms with Gasteiger partial charge in [0.15, 0.2) is 0 Å². The van der Waals surface area contributed by atoms with Gasteiger partial charge in [0, 0.05) is 17.3 Å². The smallest absolute Gasteiger partial charge is 0.137 e. The van der Waals surface area contributed by atoms with Crippen LogP contribution in [0.15, 0.2) is 23.8 Å². The van der Waals surface area contributed by atoms with Gasteiger partial charge in [0.25, 0.3) is 0 Å². The lowest BCUT2D eigenvalue weighted by Gasteiger charge is -2.10. The molecule has 5 heteroatoms. The molecule has 2 aromatic heterocycles. The number of hydrogen-bond acceptors (Lipinski definition) is 5. The summed E-state index contributed by atoms with van der Waals surface area (Å²) < 4.78 is 5.70. The number of aromatic nitrogens is 2. The molecule has 2 heterocycles. The fourth-order valence-corrected chi connectivity index (χ4v) is 2.47. The summed E-state index contributed by atoms with van der Waals surface area (Å²) in [6, 6.07) is 4.22. The fraction of sp³-hybridized carbons (Fsp3) is 0.429. The van der Waals surface area contributed by atoms with Gasteiger partial charge < -0.3 is 10.1 Å². The number of nitrogens with zero attached hydrogens (tertiary/aromatic N) is 2. The van der Waals surface area contributed by atoms with E-state index >= 15 is 0 Å². The first-order valence-electron chi connectivity index (χ1n) is 6.35. The van der Waals surface area contributed by atoms with Gasteiger partial charge in [-0.3, -0.25) is 4.98 Å². The van der Waals surface area contributed by atoms with Gasteiger partial charge in [0.1, 0.15) is 5.75 Å². The summed E-state index contributed by atoms with van der Waals surface area (Å²) in [5.74, 6) is 0.814. The third kappa shape index (κ3) is 3.75. The fourth-order valence-electron chi connectivity index (χ4n) is 1.71. The average molecular weight is 277 g/mol. The predicted octanol–water partition coefficient (Wildman–Crippen LogP) is 2.75. The number of nitrogens with one attached hydrogen (secondary N) is 1. The molecule has 0 amide bonds. The Morgan fingerprint density at radius 3 is 2.79 bits per heavy atom. The topological polar surface area (TPSA) is 47.0 Å². The Bertz CT molecular complexity index is 510. The highest BCUT2D eigenvalue weighted by Crippen LogP contribution is 2.16. The predicted molar refractivity (Wildman–Crippen MR) is 77.8 cm³/mol. The summed E-state index contributed by atoms with van der Waals surface area (Å²) in [4.78, 5) is 9.90. The van der Waals surface area contributed by atoms with Gasteiger partial charge in [-0.05, 0) is 33.0 Å². The van der Waals surface area contributed by atoms with Gasteiger partial charge in [-0.15, -0.1) is 11.3 Å². The molecule has 0 aromatic carbocycles. The average Bonchev–Trinajstić information content (AvgIpc) is 2.84. The number of rotatable bonds is 6. The summed E-state index contributed by atoms with van der Waals surface area (Å²) in [7, 11) is 1.92. The normalized spacial score (nSPS) is 12.4. The zero-order valence-corrected chi connectivity index (χ0v) is 12.3. The summed E-state index contributed by atoms with van der Waals surface area (Å²) in [5, 5.41) is 3.16. The van der Waals surface area contributed by atoms with Crippen LogP contribution < -0.4 is 10.1 Å². The van der Waals surface area contributed by atoms with Crippen LogP contribution in [0.25, 0.3) is 0 Å². The number of pyridine rings is 1. The molecule has 0 aliphatic carbocycles. The van der Waals surface area contributed by atoms with Crippen molar-refractivity contribution >= 4 is 11.3 Å². The van der Waals surface area contributed by atoms with Crippen molar-refractivity contribution in [3.8, 4) is 5.75 Å². The maximum Gasteiger partial charge on any atom is 0.137 e. The van der Waals surface area contributed by atoms with Crippen LogP contribution in [0.5, 0.6) is 5.75 Å². The molecule has 0 aliphatic rings. The van der Waals surface area contributed by atoms with E-state index in [1.54, 1.807) is 17.5 Å². The van der Waals surface area contributed by atoms with E-state index in [1.165, 1.54) is 4.88 Å². The van der Waals surface area contributed by atoms with Crippen molar-refractivity contribution in [1.29, 1.82) is 0 Å². The SMILES string of the molecule is CNC(C)c1ccc(OCCc2scnc2C)cn1. The van der Waals surface area contributed by atoms with Crippen LogP contribution in [0.3, 0.4) is 0 Å². The van der Waals surface area contributed by atoms with E-state index in [0.29, 0.717) is 6.61 Å². The number of hydrogen-bond donors (Lipinski definition) is 1. The van der Waals surface area contributed by atoms with E-state index in [4.69, 9.17) is 4.74 Å². The molecule has 102 valence electrons. The first-order valence-corrected chi connectivity index (χ1v) is 7.23. The molecule has 4 nitrogen and oxygen atoms in total. The highest BCUT2D eigenvalue weighted by Gasteiger charge is 2.05. The Labute approximate surface area is 117 Å². The van der Waals surface area contributed by atoms with Crippen LogP contribution in [0, 0.1) is 6.92 Å². The second-order valence-corrected chi connectivity index (χ2v) is 5.33. The standard InChI is InChI=1S/C14H19N3OS/c1-10(15-3)13-5-4-12(8-16-13)18-7-6-14-11(2)17-9-19-14/h4-5,8-10,15H,6-7H2,1-3H3. The first-order chi connectivity index (χ1) is 9.20. The van der Waals surface area contributed by atoms with Crippen molar-refractivity contribution < 1.29 is 4.74 Å². The molecule has 0 bridgehead atoms. The molecule has 0 saturated carbocycles. The van der Waals surface area contributed by atoms with Crippen molar-refractivity contribution in [2.45, 2.75) is 26.3 Å². The molecule has 1 N–H and O–H groups in total. The maximum atomic E-state index is 5.70. The first kappa shape index (κ1) is 14.0. The second kappa shape index (κ2) is 6.63. The van der Waals surface area contributed by atoms with Gasteiger partial charge in [-0.1, -0.05) is 0 Å². The Kier molecular flexibility index (Phi) is 4.87. The summed E-state index contributed by atoms with van der Waals surface area (Å²) in [5.41, 5.74) is 4.00. The summed E-state index contributed by atoms with van der Waals surface area (Å²) in [6.45, 7) is 4.77. The molecular formula is C14H19N3OS. The van der Waals surface area contributed by atoms with Gasteiger partial charge in [0.2, 0.25) is 0 Å². The van der Waals surface area contributed by atoms with E-state index in [-0.39, 0.29) is 6.04 Å².